The van der Waals surface area contributed by atoms with Gasteiger partial charge in [0.15, 0.2) is 0 Å². The number of carbonyl (C=O) groups excluding carboxylic acids is 1. The average Bonchev–Trinajstić information content (AvgIpc) is 2.96. The zero-order chi connectivity index (χ0) is 14.3. The van der Waals surface area contributed by atoms with Gasteiger partial charge in [0.25, 0.3) is 5.91 Å². The fourth-order valence-electron chi connectivity index (χ4n) is 3.51. The molecule has 1 N–H and O–H groups in total. The highest BCUT2D eigenvalue weighted by Crippen LogP contribution is 2.42. The van der Waals surface area contributed by atoms with E-state index in [1.54, 1.807) is 0 Å². The van der Waals surface area contributed by atoms with E-state index in [-0.39, 0.29) is 17.5 Å². The zero-order valence-electron chi connectivity index (χ0n) is 10.8. The van der Waals surface area contributed by atoms with E-state index in [1.807, 2.05) is 0 Å². The van der Waals surface area contributed by atoms with Crippen LogP contribution in [-0.2, 0) is 4.79 Å². The first-order valence-corrected chi connectivity index (χ1v) is 6.74. The predicted molar refractivity (Wildman–Crippen MR) is 67.5 cm³/mol. The third kappa shape index (κ3) is 2.05. The summed E-state index contributed by atoms with van der Waals surface area (Å²) in [6.45, 7) is 0.429. The molecule has 3 unspecified atom stereocenters. The number of aliphatic carboxylic acids is 1. The van der Waals surface area contributed by atoms with E-state index >= 15 is 0 Å². The van der Waals surface area contributed by atoms with Gasteiger partial charge in [-0.05, 0) is 36.8 Å². The first-order chi connectivity index (χ1) is 9.58. The molecule has 3 atom stereocenters. The summed E-state index contributed by atoms with van der Waals surface area (Å²) < 4.78 is 13.1. The fourth-order valence-corrected chi connectivity index (χ4v) is 3.51. The largest absolute Gasteiger partial charge is 0.480 e. The van der Waals surface area contributed by atoms with Crippen LogP contribution in [0.4, 0.5) is 4.39 Å². The number of hydrogen-bond donors (Lipinski definition) is 1. The Morgan fingerprint density at radius 1 is 1.35 bits per heavy atom. The second kappa shape index (κ2) is 4.85. The molecule has 2 aliphatic rings. The van der Waals surface area contributed by atoms with Crippen LogP contribution in [0.25, 0.3) is 0 Å². The lowest BCUT2D eigenvalue weighted by Crippen LogP contribution is -2.43. The average molecular weight is 278 g/mol. The van der Waals surface area contributed by atoms with Crippen molar-refractivity contribution in [2.45, 2.75) is 25.3 Å². The highest BCUT2D eigenvalue weighted by atomic mass is 19.1. The molecule has 20 heavy (non-hydrogen) atoms. The van der Waals surface area contributed by atoms with Gasteiger partial charge in [0.2, 0.25) is 5.95 Å². The van der Waals surface area contributed by atoms with Crippen molar-refractivity contribution in [1.82, 2.24) is 9.88 Å². The Bertz CT molecular complexity index is 563. The number of fused-ring (bicyclic) bond motifs is 1. The van der Waals surface area contributed by atoms with Crippen molar-refractivity contribution in [3.05, 3.63) is 29.8 Å². The molecule has 1 aromatic rings. The molecule has 1 aliphatic heterocycles. The van der Waals surface area contributed by atoms with Gasteiger partial charge in [-0.25, -0.2) is 9.78 Å². The van der Waals surface area contributed by atoms with Gasteiger partial charge in [-0.3, -0.25) is 4.79 Å². The lowest BCUT2D eigenvalue weighted by atomic mass is 9.94. The van der Waals surface area contributed by atoms with Crippen molar-refractivity contribution in [2.75, 3.05) is 6.54 Å². The minimum atomic E-state index is -0.982. The summed E-state index contributed by atoms with van der Waals surface area (Å²) in [5, 5.41) is 9.39. The van der Waals surface area contributed by atoms with Crippen LogP contribution in [0.5, 0.6) is 0 Å². The predicted octanol–water partition coefficient (Wildman–Crippen LogP) is 1.55. The van der Waals surface area contributed by atoms with Gasteiger partial charge in [-0.2, -0.15) is 4.39 Å². The summed E-state index contributed by atoms with van der Waals surface area (Å²) in [6.07, 6.45) is 2.80. The molecule has 3 rings (SSSR count). The molecule has 2 heterocycles. The number of hydrogen-bond acceptors (Lipinski definition) is 3. The van der Waals surface area contributed by atoms with Crippen molar-refractivity contribution in [2.24, 2.45) is 11.8 Å². The van der Waals surface area contributed by atoms with Crippen LogP contribution in [0.1, 0.15) is 29.8 Å². The molecule has 5 nitrogen and oxygen atoms in total. The zero-order valence-corrected chi connectivity index (χ0v) is 10.8. The maximum Gasteiger partial charge on any atom is 0.326 e. The Morgan fingerprint density at radius 3 is 2.85 bits per heavy atom. The maximum atomic E-state index is 13.1. The summed E-state index contributed by atoms with van der Waals surface area (Å²) >= 11 is 0. The minimum Gasteiger partial charge on any atom is -0.480 e. The molecule has 6 heteroatoms. The van der Waals surface area contributed by atoms with Crippen LogP contribution in [0.2, 0.25) is 0 Å². The van der Waals surface area contributed by atoms with Crippen molar-refractivity contribution in [3.63, 3.8) is 0 Å². The Labute approximate surface area is 115 Å². The van der Waals surface area contributed by atoms with E-state index in [1.165, 1.54) is 17.0 Å². The van der Waals surface area contributed by atoms with Crippen molar-refractivity contribution < 1.29 is 19.1 Å². The number of aromatic nitrogens is 1. The van der Waals surface area contributed by atoms with E-state index in [2.05, 4.69) is 4.98 Å². The van der Waals surface area contributed by atoms with Crippen LogP contribution in [0.3, 0.4) is 0 Å². The number of amides is 1. The standard InChI is InChI=1S/C14H15FN2O3/c15-11-6-2-5-10(16-11)13(18)17-7-8-3-1-4-9(8)12(17)14(19)20/h2,5-6,8-9,12H,1,3-4,7H2,(H,19,20). The topological polar surface area (TPSA) is 70.5 Å². The van der Waals surface area contributed by atoms with E-state index in [0.29, 0.717) is 6.54 Å². The number of halogens is 1. The molecule has 1 aliphatic carbocycles. The molecule has 0 bridgehead atoms. The summed E-state index contributed by atoms with van der Waals surface area (Å²) in [6, 6.07) is 3.17. The molecule has 1 saturated heterocycles. The van der Waals surface area contributed by atoms with Gasteiger partial charge >= 0.3 is 5.97 Å². The first-order valence-electron chi connectivity index (χ1n) is 6.74. The second-order valence-corrected chi connectivity index (χ2v) is 5.44. The highest BCUT2D eigenvalue weighted by Gasteiger charge is 2.49. The monoisotopic (exact) mass is 278 g/mol. The molecular formula is C14H15FN2O3. The third-order valence-electron chi connectivity index (χ3n) is 4.34. The van der Waals surface area contributed by atoms with E-state index < -0.39 is 23.9 Å². The number of carboxylic acids is 1. The maximum absolute atomic E-state index is 13.1. The van der Waals surface area contributed by atoms with Gasteiger partial charge in [0, 0.05) is 6.54 Å². The summed E-state index contributed by atoms with van der Waals surface area (Å²) in [5.74, 6) is -1.95. The van der Waals surface area contributed by atoms with Crippen LogP contribution >= 0.6 is 0 Å². The number of carbonyl (C=O) groups is 2. The van der Waals surface area contributed by atoms with Gasteiger partial charge in [-0.1, -0.05) is 12.5 Å². The van der Waals surface area contributed by atoms with Gasteiger partial charge in [0.05, 0.1) is 0 Å². The Kier molecular flexibility index (Phi) is 3.16. The number of carboxylic acid groups (broad SMARTS) is 1. The van der Waals surface area contributed by atoms with Crippen LogP contribution in [-0.4, -0.2) is 39.5 Å². The van der Waals surface area contributed by atoms with E-state index in [9.17, 15) is 19.1 Å². The summed E-state index contributed by atoms with van der Waals surface area (Å²) in [7, 11) is 0. The van der Waals surface area contributed by atoms with Gasteiger partial charge in [-0.15, -0.1) is 0 Å². The summed E-state index contributed by atoms with van der Waals surface area (Å²) in [4.78, 5) is 28.7. The van der Waals surface area contributed by atoms with Crippen LogP contribution in [0, 0.1) is 17.8 Å². The van der Waals surface area contributed by atoms with Gasteiger partial charge in [0.1, 0.15) is 11.7 Å². The Balaban J connectivity index is 1.89. The van der Waals surface area contributed by atoms with E-state index in [4.69, 9.17) is 0 Å². The lowest BCUT2D eigenvalue weighted by molar-refractivity contribution is -0.142. The molecule has 1 saturated carbocycles. The fraction of sp³-hybridized carbons (Fsp3) is 0.500. The molecule has 2 fully saturated rings. The number of pyridine rings is 1. The lowest BCUT2D eigenvalue weighted by Gasteiger charge is -2.24. The molecule has 0 aromatic carbocycles. The van der Waals surface area contributed by atoms with Crippen molar-refractivity contribution in [3.8, 4) is 0 Å². The second-order valence-electron chi connectivity index (χ2n) is 5.44. The summed E-state index contributed by atoms with van der Waals surface area (Å²) in [5.41, 5.74) is -0.0313. The minimum absolute atomic E-state index is 0.0185. The number of likely N-dealkylation sites (tertiary alicyclic amines) is 1. The van der Waals surface area contributed by atoms with Crippen molar-refractivity contribution in [1.29, 1.82) is 0 Å². The SMILES string of the molecule is O=C(O)C1C2CCCC2CN1C(=O)c1cccc(F)n1. The smallest absolute Gasteiger partial charge is 0.326 e. The van der Waals surface area contributed by atoms with E-state index in [0.717, 1.165) is 25.3 Å². The Morgan fingerprint density at radius 2 is 2.15 bits per heavy atom. The highest BCUT2D eigenvalue weighted by molar-refractivity contribution is 5.95. The van der Waals surface area contributed by atoms with Gasteiger partial charge < -0.3 is 10.0 Å². The van der Waals surface area contributed by atoms with Crippen molar-refractivity contribution >= 4 is 11.9 Å². The molecular weight excluding hydrogens is 263 g/mol. The molecule has 1 amide bonds. The number of nitrogens with zero attached hydrogens (tertiary/aromatic N) is 2. The normalized spacial score (nSPS) is 28.4. The quantitative estimate of drug-likeness (QED) is 0.833. The molecule has 0 spiro atoms. The first kappa shape index (κ1) is 13.0. The Hall–Kier alpha value is -1.98. The van der Waals surface area contributed by atoms with Crippen LogP contribution in [0.15, 0.2) is 18.2 Å². The molecule has 0 radical (unpaired) electrons. The molecule has 106 valence electrons. The number of rotatable bonds is 2. The molecule has 1 aromatic heterocycles. The van der Waals surface area contributed by atoms with Crippen LogP contribution < -0.4 is 0 Å². The third-order valence-corrected chi connectivity index (χ3v) is 4.34.